The van der Waals surface area contributed by atoms with E-state index in [1.54, 1.807) is 18.2 Å². The maximum absolute atomic E-state index is 14.9. The summed E-state index contributed by atoms with van der Waals surface area (Å²) in [6, 6.07) is 9.01. The second kappa shape index (κ2) is 12.8. The predicted octanol–water partition coefficient (Wildman–Crippen LogP) is 5.12. The molecule has 7 heteroatoms. The van der Waals surface area contributed by atoms with E-state index in [1.807, 2.05) is 13.8 Å². The summed E-state index contributed by atoms with van der Waals surface area (Å²) >= 11 is 0. The summed E-state index contributed by atoms with van der Waals surface area (Å²) in [7, 11) is 0. The van der Waals surface area contributed by atoms with E-state index in [0.717, 1.165) is 6.07 Å². The van der Waals surface area contributed by atoms with Crippen LogP contribution in [-0.2, 0) is 16.8 Å². The molecular formula is C26H35F3N2O2. The van der Waals surface area contributed by atoms with Crippen molar-refractivity contribution in [3.05, 3.63) is 71.0 Å². The van der Waals surface area contributed by atoms with Crippen LogP contribution in [0.15, 0.2) is 42.5 Å². The highest BCUT2D eigenvalue weighted by atomic mass is 19.1. The van der Waals surface area contributed by atoms with Crippen LogP contribution in [-0.4, -0.2) is 23.2 Å². The number of benzene rings is 2. The van der Waals surface area contributed by atoms with Crippen LogP contribution in [0.2, 0.25) is 0 Å². The number of nitrogens with two attached hydrogens (primary N) is 1. The predicted molar refractivity (Wildman–Crippen MR) is 124 cm³/mol. The number of nitrogens with one attached hydrogen (secondary N) is 1. The van der Waals surface area contributed by atoms with Gasteiger partial charge in [0.2, 0.25) is 5.91 Å². The molecule has 0 aliphatic heterocycles. The highest BCUT2D eigenvalue weighted by Gasteiger charge is 2.35. The summed E-state index contributed by atoms with van der Waals surface area (Å²) in [5, 5.41) is 12.9. The van der Waals surface area contributed by atoms with Gasteiger partial charge in [0.1, 0.15) is 17.5 Å². The molecule has 4 nitrogen and oxygen atoms in total. The van der Waals surface area contributed by atoms with E-state index in [-0.39, 0.29) is 30.1 Å². The van der Waals surface area contributed by atoms with E-state index in [1.165, 1.54) is 18.2 Å². The fraction of sp³-hybridized carbons (Fsp3) is 0.500. The third-order valence-corrected chi connectivity index (χ3v) is 6.00. The van der Waals surface area contributed by atoms with Gasteiger partial charge in [-0.1, -0.05) is 44.5 Å². The first-order valence-corrected chi connectivity index (χ1v) is 11.6. The molecule has 0 radical (unpaired) electrons. The summed E-state index contributed by atoms with van der Waals surface area (Å²) in [5.41, 5.74) is 5.71. The molecule has 3 atom stereocenters. The monoisotopic (exact) mass is 464 g/mol. The first-order chi connectivity index (χ1) is 15.7. The van der Waals surface area contributed by atoms with Crippen LogP contribution < -0.4 is 11.1 Å². The normalized spacial score (nSPS) is 15.0. The number of carbonyl (C=O) groups is 1. The van der Waals surface area contributed by atoms with Crippen molar-refractivity contribution < 1.29 is 23.1 Å². The van der Waals surface area contributed by atoms with Crippen LogP contribution >= 0.6 is 0 Å². The van der Waals surface area contributed by atoms with Gasteiger partial charge >= 0.3 is 0 Å². The lowest BCUT2D eigenvalue weighted by Crippen LogP contribution is -2.48. The van der Waals surface area contributed by atoms with Crippen molar-refractivity contribution in [2.45, 2.75) is 82.9 Å². The zero-order chi connectivity index (χ0) is 24.4. The fourth-order valence-corrected chi connectivity index (χ4v) is 4.31. The zero-order valence-corrected chi connectivity index (χ0v) is 19.4. The number of hydrogen-bond acceptors (Lipinski definition) is 3. The van der Waals surface area contributed by atoms with E-state index in [0.29, 0.717) is 44.1 Å². The molecule has 0 aromatic heterocycles. The molecule has 4 N–H and O–H groups in total. The molecule has 2 aromatic carbocycles. The average molecular weight is 465 g/mol. The Labute approximate surface area is 194 Å². The first kappa shape index (κ1) is 26.9. The molecule has 2 aromatic rings. The number of amides is 1. The SMILES string of the molecule is CCCC(CCCC(O)CC)(NC(=O)CC(N)Cc1ccccc1F)c1ccc(F)cc1F. The fourth-order valence-electron chi connectivity index (χ4n) is 4.31. The van der Waals surface area contributed by atoms with Crippen LogP contribution in [0, 0.1) is 17.5 Å². The number of hydrogen-bond donors (Lipinski definition) is 3. The number of aliphatic hydroxyl groups is 1. The zero-order valence-electron chi connectivity index (χ0n) is 19.4. The molecule has 1 amide bonds. The highest BCUT2D eigenvalue weighted by molar-refractivity contribution is 5.77. The molecule has 182 valence electrons. The Morgan fingerprint density at radius 3 is 2.45 bits per heavy atom. The molecule has 0 aliphatic rings. The second-order valence-electron chi connectivity index (χ2n) is 8.72. The third kappa shape index (κ3) is 7.86. The van der Waals surface area contributed by atoms with Crippen LogP contribution in [0.1, 0.15) is 69.9 Å². The van der Waals surface area contributed by atoms with E-state index in [2.05, 4.69) is 5.32 Å². The number of halogens is 3. The smallest absolute Gasteiger partial charge is 0.222 e. The van der Waals surface area contributed by atoms with E-state index < -0.39 is 29.3 Å². The molecule has 2 rings (SSSR count). The van der Waals surface area contributed by atoms with Gasteiger partial charge in [-0.25, -0.2) is 13.2 Å². The van der Waals surface area contributed by atoms with Gasteiger partial charge in [-0.05, 0) is 56.2 Å². The largest absolute Gasteiger partial charge is 0.393 e. The van der Waals surface area contributed by atoms with Crippen molar-refractivity contribution in [3.63, 3.8) is 0 Å². The molecule has 3 unspecified atom stereocenters. The van der Waals surface area contributed by atoms with Gasteiger partial charge in [0, 0.05) is 24.1 Å². The molecule has 0 saturated carbocycles. The summed E-state index contributed by atoms with van der Waals surface area (Å²) in [5.74, 6) is -2.18. The Hall–Kier alpha value is -2.38. The third-order valence-electron chi connectivity index (χ3n) is 6.00. The van der Waals surface area contributed by atoms with Crippen LogP contribution in [0.25, 0.3) is 0 Å². The molecule has 0 fully saturated rings. The van der Waals surface area contributed by atoms with Crippen LogP contribution in [0.5, 0.6) is 0 Å². The number of carbonyl (C=O) groups excluding carboxylic acids is 1. The maximum atomic E-state index is 14.9. The molecule has 33 heavy (non-hydrogen) atoms. The minimum atomic E-state index is -1.06. The van der Waals surface area contributed by atoms with Gasteiger partial charge in [-0.3, -0.25) is 4.79 Å². The van der Waals surface area contributed by atoms with Crippen LogP contribution in [0.4, 0.5) is 13.2 Å². The van der Waals surface area contributed by atoms with Crippen molar-refractivity contribution in [1.82, 2.24) is 5.32 Å². The Bertz CT molecular complexity index is 909. The Morgan fingerprint density at radius 2 is 1.82 bits per heavy atom. The molecule has 0 aliphatic carbocycles. The summed E-state index contributed by atoms with van der Waals surface area (Å²) in [6.07, 6.45) is 2.76. The summed E-state index contributed by atoms with van der Waals surface area (Å²) in [4.78, 5) is 13.0. The standard InChI is InChI=1S/C26H35F3N2O2/c1-3-13-26(14-7-9-21(32)4-2,22-12-11-19(27)16-24(22)29)31-25(33)17-20(30)15-18-8-5-6-10-23(18)28/h5-6,8,10-12,16,20-21,32H,3-4,7,9,13-15,17,30H2,1-2H3,(H,31,33). The van der Waals surface area contributed by atoms with Crippen molar-refractivity contribution in [3.8, 4) is 0 Å². The Kier molecular flexibility index (Phi) is 10.4. The number of rotatable bonds is 13. The Morgan fingerprint density at radius 1 is 1.09 bits per heavy atom. The van der Waals surface area contributed by atoms with Crippen molar-refractivity contribution in [2.24, 2.45) is 5.73 Å². The summed E-state index contributed by atoms with van der Waals surface area (Å²) < 4.78 is 42.4. The molecule has 0 heterocycles. The molecular weight excluding hydrogens is 429 g/mol. The highest BCUT2D eigenvalue weighted by Crippen LogP contribution is 2.35. The van der Waals surface area contributed by atoms with Gasteiger partial charge in [-0.2, -0.15) is 0 Å². The van der Waals surface area contributed by atoms with Gasteiger partial charge < -0.3 is 16.2 Å². The van der Waals surface area contributed by atoms with Crippen molar-refractivity contribution >= 4 is 5.91 Å². The van der Waals surface area contributed by atoms with Crippen LogP contribution in [0.3, 0.4) is 0 Å². The lowest BCUT2D eigenvalue weighted by molar-refractivity contribution is -0.123. The Balaban J connectivity index is 2.23. The molecule has 0 bridgehead atoms. The molecule has 0 saturated heterocycles. The lowest BCUT2D eigenvalue weighted by Gasteiger charge is -2.36. The van der Waals surface area contributed by atoms with Gasteiger partial charge in [0.05, 0.1) is 11.6 Å². The lowest BCUT2D eigenvalue weighted by atomic mass is 9.80. The second-order valence-corrected chi connectivity index (χ2v) is 8.72. The average Bonchev–Trinajstić information content (AvgIpc) is 2.75. The summed E-state index contributed by atoms with van der Waals surface area (Å²) in [6.45, 7) is 3.80. The van der Waals surface area contributed by atoms with Crippen molar-refractivity contribution in [1.29, 1.82) is 0 Å². The minimum Gasteiger partial charge on any atom is -0.393 e. The van der Waals surface area contributed by atoms with Gasteiger partial charge in [0.15, 0.2) is 0 Å². The minimum absolute atomic E-state index is 0.0692. The molecule has 0 spiro atoms. The quantitative estimate of drug-likeness (QED) is 0.385. The van der Waals surface area contributed by atoms with E-state index in [9.17, 15) is 23.1 Å². The first-order valence-electron chi connectivity index (χ1n) is 11.6. The topological polar surface area (TPSA) is 75.3 Å². The van der Waals surface area contributed by atoms with Gasteiger partial charge in [0.25, 0.3) is 0 Å². The van der Waals surface area contributed by atoms with E-state index in [4.69, 9.17) is 5.73 Å². The van der Waals surface area contributed by atoms with Gasteiger partial charge in [-0.15, -0.1) is 0 Å². The van der Waals surface area contributed by atoms with E-state index >= 15 is 0 Å². The maximum Gasteiger partial charge on any atom is 0.222 e. The number of aliphatic hydroxyl groups excluding tert-OH is 1. The van der Waals surface area contributed by atoms with Crippen molar-refractivity contribution in [2.75, 3.05) is 0 Å².